The predicted octanol–water partition coefficient (Wildman–Crippen LogP) is 8.49. The molecule has 2 heterocycles. The lowest BCUT2D eigenvalue weighted by Gasteiger charge is -2.34. The molecule has 0 bridgehead atoms. The third kappa shape index (κ3) is 3.82. The number of anilines is 1. The number of benzene rings is 3. The van der Waals surface area contributed by atoms with E-state index in [-0.39, 0.29) is 5.78 Å². The van der Waals surface area contributed by atoms with Gasteiger partial charge in [0.25, 0.3) is 0 Å². The van der Waals surface area contributed by atoms with Crippen LogP contribution in [-0.4, -0.2) is 18.9 Å². The zero-order chi connectivity index (χ0) is 26.1. The van der Waals surface area contributed by atoms with Crippen LogP contribution in [0.25, 0.3) is 5.57 Å². The molecule has 0 N–H and O–H groups in total. The van der Waals surface area contributed by atoms with Crippen molar-refractivity contribution in [3.63, 3.8) is 0 Å². The fourth-order valence-electron chi connectivity index (χ4n) is 5.91. The highest BCUT2D eigenvalue weighted by Crippen LogP contribution is 2.58. The van der Waals surface area contributed by atoms with Gasteiger partial charge in [-0.3, -0.25) is 4.79 Å². The molecule has 0 spiro atoms. The van der Waals surface area contributed by atoms with Gasteiger partial charge < -0.3 is 9.64 Å². The number of rotatable bonds is 9. The number of unbranched alkanes of at least 4 members (excludes halogenated alkanes) is 2. The lowest BCUT2D eigenvalue weighted by Crippen LogP contribution is -2.40. The number of carbonyl (C=O) groups excluding carboxylic acids is 1. The number of allylic oxidation sites excluding steroid dienone is 1. The summed E-state index contributed by atoms with van der Waals surface area (Å²) in [6.45, 7) is 6.52. The Kier molecular flexibility index (Phi) is 6.67. The first-order valence-electron chi connectivity index (χ1n) is 13.8. The number of carbonyl (C=O) groups is 1. The van der Waals surface area contributed by atoms with E-state index in [0.29, 0.717) is 0 Å². The van der Waals surface area contributed by atoms with Gasteiger partial charge in [-0.2, -0.15) is 0 Å². The molecule has 6 rings (SSSR count). The smallest absolute Gasteiger partial charge is 0.187 e. The normalized spacial score (nSPS) is 17.6. The van der Waals surface area contributed by atoms with Gasteiger partial charge in [0.15, 0.2) is 11.2 Å². The Morgan fingerprint density at radius 1 is 0.816 bits per heavy atom. The first-order valence-corrected chi connectivity index (χ1v) is 14.6. The summed E-state index contributed by atoms with van der Waals surface area (Å²) in [5, 5.41) is 2.06. The molecule has 0 saturated heterocycles. The van der Waals surface area contributed by atoms with Crippen LogP contribution in [0.3, 0.4) is 0 Å². The van der Waals surface area contributed by atoms with Gasteiger partial charge in [-0.15, -0.1) is 11.3 Å². The minimum Gasteiger partial charge on any atom is -0.459 e. The van der Waals surface area contributed by atoms with Crippen LogP contribution in [0.1, 0.15) is 71.5 Å². The fourth-order valence-corrected chi connectivity index (χ4v) is 6.84. The molecule has 192 valence electrons. The Labute approximate surface area is 229 Å². The van der Waals surface area contributed by atoms with Crippen molar-refractivity contribution in [2.75, 3.05) is 18.0 Å². The largest absolute Gasteiger partial charge is 0.459 e. The molecule has 1 aromatic heterocycles. The van der Waals surface area contributed by atoms with Crippen LogP contribution in [-0.2, 0) is 5.41 Å². The van der Waals surface area contributed by atoms with Crippen molar-refractivity contribution in [2.24, 2.45) is 0 Å². The molecule has 1 aliphatic heterocycles. The van der Waals surface area contributed by atoms with Crippen LogP contribution in [0.5, 0.6) is 5.75 Å². The summed E-state index contributed by atoms with van der Waals surface area (Å²) in [6.07, 6.45) is 4.62. The Balaban J connectivity index is 1.60. The number of hydrogen-bond acceptors (Lipinski definition) is 4. The maximum atomic E-state index is 14.6. The second-order valence-electron chi connectivity index (χ2n) is 10.1. The van der Waals surface area contributed by atoms with Gasteiger partial charge in [-0.1, -0.05) is 93.4 Å². The first kappa shape index (κ1) is 24.7. The summed E-state index contributed by atoms with van der Waals surface area (Å²) >= 11 is 1.62. The number of nitrogens with zero attached hydrogens (tertiary/aromatic N) is 1. The molecule has 4 aromatic rings. The lowest BCUT2D eigenvalue weighted by molar-refractivity contribution is 0.0923. The van der Waals surface area contributed by atoms with E-state index in [1.807, 2.05) is 42.5 Å². The van der Waals surface area contributed by atoms with Gasteiger partial charge in [-0.25, -0.2) is 0 Å². The Morgan fingerprint density at radius 2 is 1.53 bits per heavy atom. The average Bonchev–Trinajstić information content (AvgIpc) is 3.61. The first-order chi connectivity index (χ1) is 18.7. The van der Waals surface area contributed by atoms with Crippen molar-refractivity contribution in [3.8, 4) is 5.75 Å². The van der Waals surface area contributed by atoms with Crippen LogP contribution in [0.15, 0.2) is 96.1 Å². The van der Waals surface area contributed by atoms with E-state index in [1.54, 1.807) is 11.3 Å². The second kappa shape index (κ2) is 10.3. The van der Waals surface area contributed by atoms with Crippen molar-refractivity contribution in [3.05, 3.63) is 123 Å². The van der Waals surface area contributed by atoms with E-state index in [2.05, 4.69) is 66.6 Å². The number of fused-ring (bicyclic) bond motifs is 4. The monoisotopic (exact) mass is 519 g/mol. The second-order valence-corrected chi connectivity index (χ2v) is 11.1. The zero-order valence-electron chi connectivity index (χ0n) is 22.1. The van der Waals surface area contributed by atoms with Gasteiger partial charge in [0.2, 0.25) is 0 Å². The van der Waals surface area contributed by atoms with Crippen molar-refractivity contribution < 1.29 is 9.53 Å². The SMILES string of the molecule is CCCCN(CCCC)c1ccc2c(c1)OC1=C(c3ccccc3)c3ccccc3C(=O)[C@@]12c1cccs1. The van der Waals surface area contributed by atoms with Gasteiger partial charge in [0.05, 0.1) is 0 Å². The molecular formula is C34H33NO2S. The molecule has 3 aromatic carbocycles. The van der Waals surface area contributed by atoms with Crippen molar-refractivity contribution >= 4 is 28.4 Å². The molecule has 2 aliphatic rings. The van der Waals surface area contributed by atoms with Gasteiger partial charge >= 0.3 is 0 Å². The van der Waals surface area contributed by atoms with E-state index in [0.717, 1.165) is 88.7 Å². The molecule has 38 heavy (non-hydrogen) atoms. The average molecular weight is 520 g/mol. The Morgan fingerprint density at radius 3 is 2.21 bits per heavy atom. The molecular weight excluding hydrogens is 486 g/mol. The van der Waals surface area contributed by atoms with Crippen LogP contribution in [0, 0.1) is 0 Å². The number of ketones is 1. The maximum absolute atomic E-state index is 14.6. The number of ether oxygens (including phenoxy) is 1. The third-order valence-electron chi connectivity index (χ3n) is 7.81. The van der Waals surface area contributed by atoms with Crippen LogP contribution in [0.4, 0.5) is 5.69 Å². The van der Waals surface area contributed by atoms with Gasteiger partial charge in [-0.05, 0) is 41.5 Å². The summed E-state index contributed by atoms with van der Waals surface area (Å²) in [6, 6.07) is 29.0. The minimum atomic E-state index is -0.987. The number of thiophene rings is 1. The molecule has 1 atom stereocenters. The Hall–Kier alpha value is -3.63. The summed E-state index contributed by atoms with van der Waals surface area (Å²) in [5.41, 5.74) is 4.86. The quantitative estimate of drug-likeness (QED) is 0.222. The van der Waals surface area contributed by atoms with E-state index in [1.165, 1.54) is 0 Å². The molecule has 1 aliphatic carbocycles. The molecule has 3 nitrogen and oxygen atoms in total. The van der Waals surface area contributed by atoms with E-state index < -0.39 is 5.41 Å². The molecule has 0 radical (unpaired) electrons. The van der Waals surface area contributed by atoms with E-state index in [4.69, 9.17) is 4.74 Å². The molecule has 0 fully saturated rings. The van der Waals surface area contributed by atoms with Crippen LogP contribution in [0.2, 0.25) is 0 Å². The predicted molar refractivity (Wildman–Crippen MR) is 157 cm³/mol. The topological polar surface area (TPSA) is 29.5 Å². The van der Waals surface area contributed by atoms with Crippen LogP contribution >= 0.6 is 11.3 Å². The number of Topliss-reactive ketones (excluding diaryl/α,β-unsaturated/α-hetero) is 1. The van der Waals surface area contributed by atoms with E-state index in [9.17, 15) is 4.79 Å². The minimum absolute atomic E-state index is 0.0885. The summed E-state index contributed by atoms with van der Waals surface area (Å²) in [4.78, 5) is 18.1. The maximum Gasteiger partial charge on any atom is 0.187 e. The molecule has 0 amide bonds. The van der Waals surface area contributed by atoms with E-state index >= 15 is 0 Å². The summed E-state index contributed by atoms with van der Waals surface area (Å²) < 4.78 is 6.87. The lowest BCUT2D eigenvalue weighted by atomic mass is 9.66. The van der Waals surface area contributed by atoms with Gasteiger partial charge in [0, 0.05) is 46.4 Å². The van der Waals surface area contributed by atoms with Gasteiger partial charge in [0.1, 0.15) is 11.5 Å². The highest BCUT2D eigenvalue weighted by molar-refractivity contribution is 7.10. The highest BCUT2D eigenvalue weighted by atomic mass is 32.1. The fraction of sp³-hybridized carbons (Fsp3) is 0.265. The van der Waals surface area contributed by atoms with Crippen molar-refractivity contribution in [1.82, 2.24) is 0 Å². The summed E-state index contributed by atoms with van der Waals surface area (Å²) in [7, 11) is 0. The highest BCUT2D eigenvalue weighted by Gasteiger charge is 2.58. The number of hydrogen-bond donors (Lipinski definition) is 0. The molecule has 4 heteroatoms. The van der Waals surface area contributed by atoms with Crippen LogP contribution < -0.4 is 9.64 Å². The third-order valence-corrected chi connectivity index (χ3v) is 8.80. The summed E-state index contributed by atoms with van der Waals surface area (Å²) in [5.74, 6) is 1.61. The van der Waals surface area contributed by atoms with Crippen molar-refractivity contribution in [2.45, 2.75) is 44.9 Å². The zero-order valence-corrected chi connectivity index (χ0v) is 22.9. The standard InChI is InChI=1S/C34H33NO2S/c1-3-5-20-35(21-6-4-2)25-18-19-28-29(23-25)37-33-31(24-13-8-7-9-14-24)26-15-10-11-16-27(26)32(36)34(28,33)30-17-12-22-38-30/h7-19,22-23H,3-6,20-21H2,1-2H3/t34-/m1/s1. The Bertz CT molecular complexity index is 1480. The van der Waals surface area contributed by atoms with Crippen molar-refractivity contribution in [1.29, 1.82) is 0 Å². The molecule has 0 saturated carbocycles. The molecule has 0 unspecified atom stereocenters.